The first-order valence-electron chi connectivity index (χ1n) is 5.65. The number of rotatable bonds is 3. The summed E-state index contributed by atoms with van der Waals surface area (Å²) in [6.07, 6.45) is 4.92. The summed E-state index contributed by atoms with van der Waals surface area (Å²) in [7, 11) is 1.86. The van der Waals surface area contributed by atoms with E-state index in [4.69, 9.17) is 5.11 Å². The molecule has 0 bridgehead atoms. The zero-order chi connectivity index (χ0) is 13.2. The molecule has 0 fully saturated rings. The second-order valence-corrected chi connectivity index (χ2v) is 4.89. The normalized spacial score (nSPS) is 11.1. The molecule has 0 unspecified atom stereocenters. The van der Waals surface area contributed by atoms with Crippen LogP contribution in [0.15, 0.2) is 40.9 Å². The summed E-state index contributed by atoms with van der Waals surface area (Å²) in [6, 6.07) is 3.77. The highest BCUT2D eigenvalue weighted by Gasteiger charge is 2.09. The smallest absolute Gasteiger partial charge is 0.179 e. The number of aliphatic hydroxyl groups is 1. The fourth-order valence-electron chi connectivity index (χ4n) is 1.65. The van der Waals surface area contributed by atoms with Crippen LogP contribution in [-0.4, -0.2) is 29.6 Å². The fraction of sp³-hybridized carbons (Fsp3) is 0.167. The molecule has 3 heterocycles. The van der Waals surface area contributed by atoms with E-state index in [2.05, 4.69) is 19.9 Å². The summed E-state index contributed by atoms with van der Waals surface area (Å²) in [6.45, 7) is -0.0271. The molecule has 6 nitrogen and oxygen atoms in total. The first-order chi connectivity index (χ1) is 9.28. The van der Waals surface area contributed by atoms with Crippen LogP contribution in [0.1, 0.15) is 5.69 Å². The Kier molecular flexibility index (Phi) is 3.14. The van der Waals surface area contributed by atoms with Gasteiger partial charge in [0.05, 0.1) is 18.5 Å². The minimum absolute atomic E-state index is 0.0271. The van der Waals surface area contributed by atoms with Crippen LogP contribution in [0.3, 0.4) is 0 Å². The predicted octanol–water partition coefficient (Wildman–Crippen LogP) is 1.40. The molecule has 0 amide bonds. The lowest BCUT2D eigenvalue weighted by Crippen LogP contribution is -1.97. The summed E-state index contributed by atoms with van der Waals surface area (Å²) in [5.74, 6) is 0. The topological polar surface area (TPSA) is 76.7 Å². The minimum atomic E-state index is -0.0271. The molecule has 0 aliphatic carbocycles. The Morgan fingerprint density at radius 1 is 1.21 bits per heavy atom. The van der Waals surface area contributed by atoms with E-state index in [0.717, 1.165) is 21.4 Å². The molecule has 0 aromatic carbocycles. The summed E-state index contributed by atoms with van der Waals surface area (Å²) in [5, 5.41) is 10.7. The van der Waals surface area contributed by atoms with Gasteiger partial charge in [-0.25, -0.2) is 15.0 Å². The summed E-state index contributed by atoms with van der Waals surface area (Å²) < 4.78 is 1.84. The van der Waals surface area contributed by atoms with Crippen LogP contribution in [0, 0.1) is 0 Å². The van der Waals surface area contributed by atoms with Crippen molar-refractivity contribution in [2.75, 3.05) is 0 Å². The highest BCUT2D eigenvalue weighted by Crippen LogP contribution is 2.26. The van der Waals surface area contributed by atoms with Gasteiger partial charge in [-0.05, 0) is 23.9 Å². The van der Waals surface area contributed by atoms with Gasteiger partial charge < -0.3 is 9.67 Å². The van der Waals surface area contributed by atoms with Gasteiger partial charge in [0.2, 0.25) is 0 Å². The van der Waals surface area contributed by atoms with E-state index < -0.39 is 0 Å². The fourth-order valence-corrected chi connectivity index (χ4v) is 2.47. The average molecular weight is 273 g/mol. The van der Waals surface area contributed by atoms with Crippen molar-refractivity contribution in [2.24, 2.45) is 7.05 Å². The number of aromatic nitrogens is 5. The van der Waals surface area contributed by atoms with Gasteiger partial charge in [-0.3, -0.25) is 4.98 Å². The first kappa shape index (κ1) is 12.1. The van der Waals surface area contributed by atoms with E-state index in [1.807, 2.05) is 23.7 Å². The quantitative estimate of drug-likeness (QED) is 0.777. The number of imidazole rings is 1. The highest BCUT2D eigenvalue weighted by molar-refractivity contribution is 7.99. The lowest BCUT2D eigenvalue weighted by Gasteiger charge is -2.03. The van der Waals surface area contributed by atoms with E-state index in [-0.39, 0.29) is 6.61 Å². The molecular weight excluding hydrogens is 262 g/mol. The summed E-state index contributed by atoms with van der Waals surface area (Å²) in [4.78, 5) is 17.0. The average Bonchev–Trinajstić information content (AvgIpc) is 2.79. The Bertz CT molecular complexity index is 727. The number of pyridine rings is 1. The third-order valence-electron chi connectivity index (χ3n) is 2.71. The second kappa shape index (κ2) is 4.94. The van der Waals surface area contributed by atoms with Crippen molar-refractivity contribution in [3.05, 3.63) is 36.4 Å². The number of hydrogen-bond acceptors (Lipinski definition) is 6. The molecule has 3 aromatic heterocycles. The van der Waals surface area contributed by atoms with Gasteiger partial charge in [-0.15, -0.1) is 0 Å². The Balaban J connectivity index is 1.94. The van der Waals surface area contributed by atoms with Gasteiger partial charge in [0.25, 0.3) is 0 Å². The molecule has 0 aliphatic heterocycles. The number of fused-ring (bicyclic) bond motifs is 1. The van der Waals surface area contributed by atoms with Gasteiger partial charge in [-0.2, -0.15) is 0 Å². The molecule has 0 radical (unpaired) electrons. The molecule has 0 atom stereocenters. The van der Waals surface area contributed by atoms with Gasteiger partial charge in [0, 0.05) is 19.4 Å². The maximum atomic E-state index is 9.14. The molecule has 96 valence electrons. The van der Waals surface area contributed by atoms with Gasteiger partial charge in [0.1, 0.15) is 10.5 Å². The lowest BCUT2D eigenvalue weighted by atomic mass is 10.4. The molecule has 0 saturated heterocycles. The maximum Gasteiger partial charge on any atom is 0.179 e. The Morgan fingerprint density at radius 3 is 2.84 bits per heavy atom. The standard InChI is InChI=1S/C12H11N5OS/c1-17-8(7-18)6-15-12(17)19-10-3-2-9-11(16-10)14-5-4-13-9/h2-6,18H,7H2,1H3. The van der Waals surface area contributed by atoms with Crippen molar-refractivity contribution < 1.29 is 5.11 Å². The molecular formula is C12H11N5OS. The predicted molar refractivity (Wildman–Crippen MR) is 70.6 cm³/mol. The van der Waals surface area contributed by atoms with Crippen LogP contribution >= 0.6 is 11.8 Å². The van der Waals surface area contributed by atoms with E-state index in [9.17, 15) is 0 Å². The Morgan fingerprint density at radius 2 is 2.05 bits per heavy atom. The van der Waals surface area contributed by atoms with Crippen molar-refractivity contribution in [1.82, 2.24) is 24.5 Å². The van der Waals surface area contributed by atoms with Crippen LogP contribution in [-0.2, 0) is 13.7 Å². The van der Waals surface area contributed by atoms with Crippen molar-refractivity contribution in [2.45, 2.75) is 16.8 Å². The first-order valence-corrected chi connectivity index (χ1v) is 6.46. The van der Waals surface area contributed by atoms with E-state index in [1.54, 1.807) is 18.6 Å². The largest absolute Gasteiger partial charge is 0.390 e. The highest BCUT2D eigenvalue weighted by atomic mass is 32.2. The van der Waals surface area contributed by atoms with Crippen molar-refractivity contribution >= 4 is 22.9 Å². The maximum absolute atomic E-state index is 9.14. The van der Waals surface area contributed by atoms with Crippen LogP contribution < -0.4 is 0 Å². The van der Waals surface area contributed by atoms with E-state index >= 15 is 0 Å². The Labute approximate surface area is 113 Å². The molecule has 19 heavy (non-hydrogen) atoms. The van der Waals surface area contributed by atoms with Crippen LogP contribution in [0.5, 0.6) is 0 Å². The van der Waals surface area contributed by atoms with Gasteiger partial charge >= 0.3 is 0 Å². The molecule has 1 N–H and O–H groups in total. The molecule has 0 spiro atoms. The third-order valence-corrected chi connectivity index (χ3v) is 3.70. The Hall–Kier alpha value is -1.99. The summed E-state index contributed by atoms with van der Waals surface area (Å²) >= 11 is 1.43. The van der Waals surface area contributed by atoms with Gasteiger partial charge in [-0.1, -0.05) is 0 Å². The molecule has 3 rings (SSSR count). The zero-order valence-corrected chi connectivity index (χ0v) is 11.0. The van der Waals surface area contributed by atoms with E-state index in [0.29, 0.717) is 5.65 Å². The van der Waals surface area contributed by atoms with E-state index in [1.165, 1.54) is 11.8 Å². The second-order valence-electron chi connectivity index (χ2n) is 3.90. The molecule has 0 aliphatic rings. The van der Waals surface area contributed by atoms with Crippen molar-refractivity contribution in [1.29, 1.82) is 0 Å². The van der Waals surface area contributed by atoms with Gasteiger partial charge in [0.15, 0.2) is 10.8 Å². The molecule has 0 saturated carbocycles. The molecule has 3 aromatic rings. The monoisotopic (exact) mass is 273 g/mol. The minimum Gasteiger partial charge on any atom is -0.390 e. The van der Waals surface area contributed by atoms with Crippen molar-refractivity contribution in [3.8, 4) is 0 Å². The number of aliphatic hydroxyl groups excluding tert-OH is 1. The number of nitrogens with zero attached hydrogens (tertiary/aromatic N) is 5. The van der Waals surface area contributed by atoms with Crippen LogP contribution in [0.4, 0.5) is 0 Å². The van der Waals surface area contributed by atoms with Crippen LogP contribution in [0.25, 0.3) is 11.2 Å². The zero-order valence-electron chi connectivity index (χ0n) is 10.2. The SMILES string of the molecule is Cn1c(CO)cnc1Sc1ccc2nccnc2n1. The lowest BCUT2D eigenvalue weighted by molar-refractivity contribution is 0.271. The van der Waals surface area contributed by atoms with Crippen LogP contribution in [0.2, 0.25) is 0 Å². The molecule has 7 heteroatoms. The third kappa shape index (κ3) is 2.29. The summed E-state index contributed by atoms with van der Waals surface area (Å²) in [5.41, 5.74) is 2.15. The number of hydrogen-bond donors (Lipinski definition) is 1. The van der Waals surface area contributed by atoms with Crippen molar-refractivity contribution in [3.63, 3.8) is 0 Å².